The molecule has 2 aliphatic heterocycles. The molecule has 0 amide bonds. The maximum absolute atomic E-state index is 12.5. The molecule has 1 aromatic carbocycles. The van der Waals surface area contributed by atoms with Crippen LogP contribution in [-0.2, 0) is 18.9 Å². The molecule has 3 saturated carbocycles. The van der Waals surface area contributed by atoms with Crippen LogP contribution in [0.15, 0.2) is 35.4 Å². The zero-order chi connectivity index (χ0) is 32.4. The topological polar surface area (TPSA) is 80.6 Å². The fourth-order valence-corrected chi connectivity index (χ4v) is 9.93. The lowest BCUT2D eigenvalue weighted by Crippen LogP contribution is -2.58. The van der Waals surface area contributed by atoms with Gasteiger partial charge in [-0.2, -0.15) is 0 Å². The SMILES string of the molecule is CN(C)c1ccc([C@H]2C[C@]3(C)[C@@H](CC[C@]3(O)C#CCOC3CCCCO3)[C@@H]3CC[C@@]4(O)CC5(CCC4=C32)OCC(C)(C)CO5)cc1. The zero-order valence-electron chi connectivity index (χ0n) is 28.7. The highest BCUT2D eigenvalue weighted by molar-refractivity contribution is 5.50. The molecule has 6 aliphatic rings. The fourth-order valence-electron chi connectivity index (χ4n) is 9.93. The molecule has 1 unspecified atom stereocenters. The van der Waals surface area contributed by atoms with E-state index in [0.717, 1.165) is 63.7 Å². The monoisotopic (exact) mass is 633 g/mol. The Kier molecular flexibility index (Phi) is 8.44. The van der Waals surface area contributed by atoms with Crippen molar-refractivity contribution < 1.29 is 29.2 Å². The Morgan fingerprint density at radius 3 is 2.41 bits per heavy atom. The van der Waals surface area contributed by atoms with Gasteiger partial charge >= 0.3 is 0 Å². The lowest BCUT2D eigenvalue weighted by molar-refractivity contribution is -0.322. The van der Waals surface area contributed by atoms with Crippen LogP contribution in [0.3, 0.4) is 0 Å². The lowest BCUT2D eigenvalue weighted by Gasteiger charge is -2.58. The van der Waals surface area contributed by atoms with Gasteiger partial charge in [0.15, 0.2) is 12.1 Å². The Labute approximate surface area is 276 Å². The van der Waals surface area contributed by atoms with E-state index in [1.807, 2.05) is 0 Å². The van der Waals surface area contributed by atoms with Crippen LogP contribution in [0, 0.1) is 34.5 Å². The normalized spacial score (nSPS) is 39.5. The Balaban J connectivity index is 1.22. The number of ether oxygens (including phenoxy) is 4. The smallest absolute Gasteiger partial charge is 0.171 e. The van der Waals surface area contributed by atoms with E-state index in [1.54, 1.807) is 0 Å². The first-order valence-electron chi connectivity index (χ1n) is 17.8. The number of hydrogen-bond donors (Lipinski definition) is 2. The van der Waals surface area contributed by atoms with Gasteiger partial charge in [0.1, 0.15) is 12.2 Å². The third-order valence-corrected chi connectivity index (χ3v) is 12.6. The summed E-state index contributed by atoms with van der Waals surface area (Å²) in [6.45, 7) is 8.95. The number of rotatable bonds is 4. The highest BCUT2D eigenvalue weighted by Gasteiger charge is 2.64. The van der Waals surface area contributed by atoms with Crippen molar-refractivity contribution in [2.24, 2.45) is 22.7 Å². The van der Waals surface area contributed by atoms with Crippen LogP contribution < -0.4 is 4.90 Å². The first-order chi connectivity index (χ1) is 21.9. The Morgan fingerprint density at radius 2 is 1.72 bits per heavy atom. The average Bonchev–Trinajstić information content (AvgIpc) is 3.30. The van der Waals surface area contributed by atoms with Gasteiger partial charge in [-0.1, -0.05) is 50.3 Å². The number of anilines is 1. The molecule has 7 atom stereocenters. The molecule has 7 heteroatoms. The van der Waals surface area contributed by atoms with Gasteiger partial charge in [0, 0.05) is 56.0 Å². The highest BCUT2D eigenvalue weighted by atomic mass is 16.7. The van der Waals surface area contributed by atoms with Crippen LogP contribution in [0.2, 0.25) is 0 Å². The molecule has 4 aliphatic carbocycles. The molecule has 0 aromatic heterocycles. The molecule has 0 bridgehead atoms. The zero-order valence-corrected chi connectivity index (χ0v) is 28.7. The Bertz CT molecular complexity index is 1380. The van der Waals surface area contributed by atoms with E-state index in [2.05, 4.69) is 75.9 Å². The van der Waals surface area contributed by atoms with E-state index in [9.17, 15) is 10.2 Å². The number of allylic oxidation sites excluding steroid dienone is 1. The molecule has 46 heavy (non-hydrogen) atoms. The standard InChI is InChI=1S/C39H55NO6/c1-35(2)25-45-39(46-26-35)20-16-32-34-29(14-18-37(32,41)24-39)31-15-19-38(42,17-8-22-44-33-9-6-7-21-43-33)36(31,3)23-30(34)27-10-12-28(13-11-27)40(4)5/h10-13,29-31,33,41-42H,6-7,9,14-16,18-26H2,1-5H3/t29-,30+,31-,33?,36+,37+,38+/m0/s1. The summed E-state index contributed by atoms with van der Waals surface area (Å²) in [5, 5.41) is 24.9. The lowest BCUT2D eigenvalue weighted by atomic mass is 9.49. The van der Waals surface area contributed by atoms with Crippen LogP contribution in [0.5, 0.6) is 0 Å². The number of benzene rings is 1. The quantitative estimate of drug-likeness (QED) is 0.297. The average molecular weight is 634 g/mol. The van der Waals surface area contributed by atoms with Crippen LogP contribution in [-0.4, -0.2) is 74.0 Å². The van der Waals surface area contributed by atoms with Gasteiger partial charge in [-0.3, -0.25) is 0 Å². The minimum atomic E-state index is -1.09. The van der Waals surface area contributed by atoms with Crippen LogP contribution in [0.25, 0.3) is 0 Å². The molecule has 5 fully saturated rings. The molecule has 1 spiro atoms. The predicted octanol–water partition coefficient (Wildman–Crippen LogP) is 6.32. The molecule has 0 radical (unpaired) electrons. The van der Waals surface area contributed by atoms with Crippen molar-refractivity contribution in [1.82, 2.24) is 0 Å². The van der Waals surface area contributed by atoms with E-state index in [4.69, 9.17) is 18.9 Å². The van der Waals surface area contributed by atoms with Crippen LogP contribution in [0.4, 0.5) is 5.69 Å². The molecule has 2 heterocycles. The Hall–Kier alpha value is -1.92. The predicted molar refractivity (Wildman–Crippen MR) is 178 cm³/mol. The van der Waals surface area contributed by atoms with Crippen LogP contribution >= 0.6 is 0 Å². The second-order valence-electron chi connectivity index (χ2n) is 16.5. The van der Waals surface area contributed by atoms with Crippen LogP contribution in [0.1, 0.15) is 103 Å². The summed E-state index contributed by atoms with van der Waals surface area (Å²) < 4.78 is 24.5. The van der Waals surface area contributed by atoms with Gasteiger partial charge in [0.25, 0.3) is 0 Å². The number of fused-ring (bicyclic) bond motifs is 4. The van der Waals surface area contributed by atoms with E-state index in [1.165, 1.54) is 16.7 Å². The maximum atomic E-state index is 12.5. The number of hydrogen-bond acceptors (Lipinski definition) is 7. The minimum Gasteiger partial charge on any atom is -0.385 e. The first kappa shape index (κ1) is 32.6. The molecule has 7 rings (SSSR count). The third-order valence-electron chi connectivity index (χ3n) is 12.6. The fraction of sp³-hybridized carbons (Fsp3) is 0.744. The van der Waals surface area contributed by atoms with Gasteiger partial charge in [-0.15, -0.1) is 0 Å². The van der Waals surface area contributed by atoms with Gasteiger partial charge in [0.05, 0.1) is 18.8 Å². The number of nitrogens with zero attached hydrogens (tertiary/aromatic N) is 1. The molecule has 252 valence electrons. The summed E-state index contributed by atoms with van der Waals surface area (Å²) >= 11 is 0. The second kappa shape index (κ2) is 11.9. The van der Waals surface area contributed by atoms with E-state index < -0.39 is 17.0 Å². The second-order valence-corrected chi connectivity index (χ2v) is 16.5. The summed E-state index contributed by atoms with van der Waals surface area (Å²) in [7, 11) is 4.14. The van der Waals surface area contributed by atoms with Crippen molar-refractivity contribution in [3.8, 4) is 11.8 Å². The van der Waals surface area contributed by atoms with Crippen molar-refractivity contribution in [2.75, 3.05) is 45.4 Å². The number of aliphatic hydroxyl groups is 2. The molecule has 1 aromatic rings. The van der Waals surface area contributed by atoms with Crippen molar-refractivity contribution in [3.05, 3.63) is 41.0 Å². The van der Waals surface area contributed by atoms with E-state index >= 15 is 0 Å². The summed E-state index contributed by atoms with van der Waals surface area (Å²) in [5.41, 5.74) is 2.65. The van der Waals surface area contributed by atoms with E-state index in [-0.39, 0.29) is 29.6 Å². The molecular weight excluding hydrogens is 578 g/mol. The first-order valence-corrected chi connectivity index (χ1v) is 17.8. The molecule has 2 saturated heterocycles. The maximum Gasteiger partial charge on any atom is 0.171 e. The summed E-state index contributed by atoms with van der Waals surface area (Å²) in [5.74, 6) is 6.58. The van der Waals surface area contributed by atoms with Crippen molar-refractivity contribution >= 4 is 5.69 Å². The highest BCUT2D eigenvalue weighted by Crippen LogP contribution is 2.68. The Morgan fingerprint density at radius 1 is 0.957 bits per heavy atom. The summed E-state index contributed by atoms with van der Waals surface area (Å²) in [6.07, 6.45) is 8.97. The van der Waals surface area contributed by atoms with Crippen molar-refractivity contribution in [2.45, 2.75) is 121 Å². The van der Waals surface area contributed by atoms with Gasteiger partial charge in [-0.25, -0.2) is 0 Å². The van der Waals surface area contributed by atoms with E-state index in [0.29, 0.717) is 44.3 Å². The van der Waals surface area contributed by atoms with Crippen molar-refractivity contribution in [1.29, 1.82) is 0 Å². The molecule has 7 nitrogen and oxygen atoms in total. The summed E-state index contributed by atoms with van der Waals surface area (Å²) in [4.78, 5) is 2.13. The third kappa shape index (κ3) is 5.65. The largest absolute Gasteiger partial charge is 0.385 e. The van der Waals surface area contributed by atoms with Crippen molar-refractivity contribution in [3.63, 3.8) is 0 Å². The molecule has 2 N–H and O–H groups in total. The van der Waals surface area contributed by atoms with Gasteiger partial charge in [-0.05, 0) is 92.9 Å². The molecular formula is C39H55NO6. The summed E-state index contributed by atoms with van der Waals surface area (Å²) in [6, 6.07) is 8.93. The van der Waals surface area contributed by atoms with Gasteiger partial charge in [0.2, 0.25) is 0 Å². The van der Waals surface area contributed by atoms with Gasteiger partial charge < -0.3 is 34.1 Å². The minimum absolute atomic E-state index is 0.0140.